The molecule has 1 unspecified atom stereocenters. The van der Waals surface area contributed by atoms with Gasteiger partial charge in [0.15, 0.2) is 12.2 Å². The van der Waals surface area contributed by atoms with Crippen molar-refractivity contribution in [3.8, 4) is 17.1 Å². The van der Waals surface area contributed by atoms with Crippen LogP contribution in [0.15, 0.2) is 45.8 Å². The Kier molecular flexibility index (Phi) is 3.92. The van der Waals surface area contributed by atoms with Crippen LogP contribution in [0.3, 0.4) is 0 Å². The van der Waals surface area contributed by atoms with Crippen molar-refractivity contribution in [2.75, 3.05) is 19.0 Å². The van der Waals surface area contributed by atoms with Crippen LogP contribution < -0.4 is 15.4 Å². The summed E-state index contributed by atoms with van der Waals surface area (Å²) in [6.45, 7) is 1.02. The standard InChI is InChI=1S/C17H18N4O3/c1-22-14-7-11(4-5-12(14)15-8-18-10-23-15)21-17-20-9-16(24-17)13-3-2-6-19-13/h4-5,7-10,13,19H,2-3,6H2,1H3,(H,20,21). The van der Waals surface area contributed by atoms with Crippen molar-refractivity contribution in [3.63, 3.8) is 0 Å². The lowest BCUT2D eigenvalue weighted by molar-refractivity contribution is 0.415. The fourth-order valence-electron chi connectivity index (χ4n) is 2.88. The molecule has 0 spiro atoms. The van der Waals surface area contributed by atoms with E-state index < -0.39 is 0 Å². The zero-order valence-corrected chi connectivity index (χ0v) is 13.3. The van der Waals surface area contributed by atoms with Crippen LogP contribution in [-0.2, 0) is 0 Å². The summed E-state index contributed by atoms with van der Waals surface area (Å²) in [6.07, 6.45) is 7.06. The van der Waals surface area contributed by atoms with Gasteiger partial charge < -0.3 is 24.2 Å². The lowest BCUT2D eigenvalue weighted by Gasteiger charge is -2.09. The fraction of sp³-hybridized carbons (Fsp3) is 0.294. The Morgan fingerprint density at radius 1 is 1.33 bits per heavy atom. The molecule has 0 bridgehead atoms. The van der Waals surface area contributed by atoms with Gasteiger partial charge in [-0.05, 0) is 31.5 Å². The third-order valence-corrected chi connectivity index (χ3v) is 4.08. The van der Waals surface area contributed by atoms with E-state index in [0.29, 0.717) is 17.5 Å². The minimum Gasteiger partial charge on any atom is -0.496 e. The van der Waals surface area contributed by atoms with E-state index in [-0.39, 0.29) is 6.04 Å². The summed E-state index contributed by atoms with van der Waals surface area (Å²) in [7, 11) is 1.62. The van der Waals surface area contributed by atoms with Gasteiger partial charge in [0, 0.05) is 11.8 Å². The third kappa shape index (κ3) is 2.85. The number of hydrogen-bond acceptors (Lipinski definition) is 7. The number of anilines is 2. The molecule has 0 amide bonds. The molecule has 24 heavy (non-hydrogen) atoms. The van der Waals surface area contributed by atoms with Crippen molar-refractivity contribution >= 4 is 11.7 Å². The van der Waals surface area contributed by atoms with Gasteiger partial charge in [-0.2, -0.15) is 0 Å². The Bertz CT molecular complexity index is 807. The maximum atomic E-state index is 5.79. The summed E-state index contributed by atoms with van der Waals surface area (Å²) >= 11 is 0. The molecule has 1 aliphatic rings. The predicted octanol–water partition coefficient (Wildman–Crippen LogP) is 3.51. The number of aromatic nitrogens is 2. The Balaban J connectivity index is 1.54. The number of nitrogens with one attached hydrogen (secondary N) is 2. The van der Waals surface area contributed by atoms with Crippen molar-refractivity contribution in [3.05, 3.63) is 42.7 Å². The SMILES string of the molecule is COc1cc(Nc2ncc(C3CCCN3)o2)ccc1-c1cnco1. The highest BCUT2D eigenvalue weighted by Crippen LogP contribution is 2.33. The van der Waals surface area contributed by atoms with Gasteiger partial charge in [-0.15, -0.1) is 0 Å². The molecule has 7 heteroatoms. The van der Waals surface area contributed by atoms with Crippen LogP contribution in [0.1, 0.15) is 24.6 Å². The largest absolute Gasteiger partial charge is 0.496 e. The predicted molar refractivity (Wildman–Crippen MR) is 88.3 cm³/mol. The highest BCUT2D eigenvalue weighted by atomic mass is 16.5. The smallest absolute Gasteiger partial charge is 0.299 e. The van der Waals surface area contributed by atoms with Crippen molar-refractivity contribution in [1.82, 2.24) is 15.3 Å². The summed E-state index contributed by atoms with van der Waals surface area (Å²) in [6, 6.07) is 6.42. The molecule has 1 atom stereocenters. The summed E-state index contributed by atoms with van der Waals surface area (Å²) in [5.74, 6) is 2.20. The molecule has 2 aromatic heterocycles. The van der Waals surface area contributed by atoms with Crippen LogP contribution in [-0.4, -0.2) is 23.6 Å². The Morgan fingerprint density at radius 3 is 3.04 bits per heavy atom. The van der Waals surface area contributed by atoms with Gasteiger partial charge in [0.05, 0.1) is 31.1 Å². The molecule has 7 nitrogen and oxygen atoms in total. The van der Waals surface area contributed by atoms with E-state index in [4.69, 9.17) is 13.6 Å². The van der Waals surface area contributed by atoms with E-state index in [9.17, 15) is 0 Å². The van der Waals surface area contributed by atoms with Gasteiger partial charge in [0.1, 0.15) is 11.5 Å². The first-order valence-electron chi connectivity index (χ1n) is 7.86. The van der Waals surface area contributed by atoms with Gasteiger partial charge in [-0.25, -0.2) is 9.97 Å². The summed E-state index contributed by atoms with van der Waals surface area (Å²) < 4.78 is 16.6. The zero-order chi connectivity index (χ0) is 16.4. The number of oxazole rings is 2. The maximum absolute atomic E-state index is 5.79. The van der Waals surface area contributed by atoms with E-state index >= 15 is 0 Å². The van der Waals surface area contributed by atoms with Gasteiger partial charge in [0.25, 0.3) is 6.01 Å². The minimum absolute atomic E-state index is 0.261. The second kappa shape index (κ2) is 6.37. The van der Waals surface area contributed by atoms with Crippen molar-refractivity contribution < 1.29 is 13.6 Å². The molecule has 0 radical (unpaired) electrons. The van der Waals surface area contributed by atoms with Gasteiger partial charge in [-0.3, -0.25) is 0 Å². The van der Waals surface area contributed by atoms with Crippen molar-refractivity contribution in [2.45, 2.75) is 18.9 Å². The van der Waals surface area contributed by atoms with Crippen LogP contribution in [0.5, 0.6) is 5.75 Å². The second-order valence-corrected chi connectivity index (χ2v) is 5.62. The third-order valence-electron chi connectivity index (χ3n) is 4.08. The number of benzene rings is 1. The number of nitrogens with zero attached hydrogens (tertiary/aromatic N) is 2. The number of rotatable bonds is 5. The van der Waals surface area contributed by atoms with Gasteiger partial charge in [-0.1, -0.05) is 0 Å². The van der Waals surface area contributed by atoms with Crippen LogP contribution in [0.4, 0.5) is 11.7 Å². The number of ether oxygens (including phenoxy) is 1. The lowest BCUT2D eigenvalue weighted by atomic mass is 10.1. The first-order valence-corrected chi connectivity index (χ1v) is 7.86. The molecule has 3 heterocycles. The quantitative estimate of drug-likeness (QED) is 0.742. The van der Waals surface area contributed by atoms with Gasteiger partial charge in [0.2, 0.25) is 0 Å². The summed E-state index contributed by atoms with van der Waals surface area (Å²) in [5.41, 5.74) is 1.66. The molecule has 1 aromatic carbocycles. The minimum atomic E-state index is 0.261. The Morgan fingerprint density at radius 2 is 2.29 bits per heavy atom. The number of hydrogen-bond donors (Lipinski definition) is 2. The molecule has 2 N–H and O–H groups in total. The normalized spacial score (nSPS) is 17.1. The van der Waals surface area contributed by atoms with Crippen LogP contribution in [0.25, 0.3) is 11.3 Å². The lowest BCUT2D eigenvalue weighted by Crippen LogP contribution is -2.11. The van der Waals surface area contributed by atoms with Gasteiger partial charge >= 0.3 is 0 Å². The van der Waals surface area contributed by atoms with Crippen LogP contribution in [0.2, 0.25) is 0 Å². The first kappa shape index (κ1) is 14.8. The molecule has 0 aliphatic carbocycles. The van der Waals surface area contributed by atoms with Crippen molar-refractivity contribution in [2.24, 2.45) is 0 Å². The Labute approximate surface area is 139 Å². The van der Waals surface area contributed by atoms with E-state index in [1.165, 1.54) is 6.39 Å². The second-order valence-electron chi connectivity index (χ2n) is 5.62. The Hall–Kier alpha value is -2.80. The van der Waals surface area contributed by atoms with E-state index in [2.05, 4.69) is 20.6 Å². The van der Waals surface area contributed by atoms with Crippen molar-refractivity contribution in [1.29, 1.82) is 0 Å². The fourth-order valence-corrected chi connectivity index (χ4v) is 2.88. The molecule has 0 saturated carbocycles. The summed E-state index contributed by atoms with van der Waals surface area (Å²) in [4.78, 5) is 8.23. The topological polar surface area (TPSA) is 85.4 Å². The van der Waals surface area contributed by atoms with E-state index in [1.807, 2.05) is 18.2 Å². The molecule has 124 valence electrons. The van der Waals surface area contributed by atoms with E-state index in [1.54, 1.807) is 19.5 Å². The first-order chi connectivity index (χ1) is 11.8. The molecule has 1 aliphatic heterocycles. The van der Waals surface area contributed by atoms with Crippen LogP contribution >= 0.6 is 0 Å². The molecular weight excluding hydrogens is 308 g/mol. The average molecular weight is 326 g/mol. The van der Waals surface area contributed by atoms with Crippen LogP contribution in [0, 0.1) is 0 Å². The molecular formula is C17H18N4O3. The zero-order valence-electron chi connectivity index (χ0n) is 13.3. The highest BCUT2D eigenvalue weighted by molar-refractivity contribution is 5.70. The number of methoxy groups -OCH3 is 1. The average Bonchev–Trinajstić information content (AvgIpc) is 3.36. The molecule has 1 saturated heterocycles. The maximum Gasteiger partial charge on any atom is 0.299 e. The molecule has 4 rings (SSSR count). The summed E-state index contributed by atoms with van der Waals surface area (Å²) in [5, 5.41) is 6.56. The highest BCUT2D eigenvalue weighted by Gasteiger charge is 2.20. The molecule has 3 aromatic rings. The molecule has 1 fully saturated rings. The van der Waals surface area contributed by atoms with E-state index in [0.717, 1.165) is 36.4 Å². The monoisotopic (exact) mass is 326 g/mol.